The minimum Gasteiger partial charge on any atom is -0.488 e. The van der Waals surface area contributed by atoms with Crippen molar-refractivity contribution >= 4 is 62.8 Å². The minimum atomic E-state index is -4.54. The topological polar surface area (TPSA) is 79.8 Å². The maximum atomic E-state index is 12.8. The van der Waals surface area contributed by atoms with Crippen LogP contribution in [-0.4, -0.2) is 18.0 Å². The van der Waals surface area contributed by atoms with E-state index in [1.807, 2.05) is 0 Å². The van der Waals surface area contributed by atoms with E-state index in [2.05, 4.69) is 31.8 Å². The van der Waals surface area contributed by atoms with Gasteiger partial charge in [0, 0.05) is 5.69 Å². The van der Waals surface area contributed by atoms with Gasteiger partial charge in [-0.1, -0.05) is 35.3 Å². The van der Waals surface area contributed by atoms with Crippen molar-refractivity contribution in [2.24, 2.45) is 5.10 Å². The van der Waals surface area contributed by atoms with E-state index in [-0.39, 0.29) is 12.3 Å². The number of carbonyl (C=O) groups excluding carboxylic acids is 2. The summed E-state index contributed by atoms with van der Waals surface area (Å²) in [6.45, 7) is 0.265. The summed E-state index contributed by atoms with van der Waals surface area (Å²) in [5.41, 5.74) is 2.67. The molecule has 3 rings (SSSR count). The maximum absolute atomic E-state index is 12.8. The summed E-state index contributed by atoms with van der Waals surface area (Å²) in [4.78, 5) is 23.9. The SMILES string of the molecule is O=C(CC(=O)Nc1cccc(C(F)(F)F)c1)NN=Cc1ccc(OCc2ccc(Cl)c(Cl)c2)c(Br)c1. The number of alkyl halides is 3. The van der Waals surface area contributed by atoms with E-state index in [0.717, 1.165) is 23.8 Å². The third kappa shape index (κ3) is 8.25. The molecule has 0 unspecified atom stereocenters. The van der Waals surface area contributed by atoms with E-state index in [0.29, 0.717) is 25.8 Å². The molecule has 0 saturated heterocycles. The lowest BCUT2D eigenvalue weighted by atomic mass is 10.2. The van der Waals surface area contributed by atoms with Gasteiger partial charge in [-0.2, -0.15) is 18.3 Å². The normalized spacial score (nSPS) is 11.4. The molecule has 2 N–H and O–H groups in total. The van der Waals surface area contributed by atoms with Crippen LogP contribution in [0.4, 0.5) is 18.9 Å². The summed E-state index contributed by atoms with van der Waals surface area (Å²) in [6.07, 6.45) is -3.81. The van der Waals surface area contributed by atoms with Crippen LogP contribution in [0.1, 0.15) is 23.1 Å². The molecule has 0 bridgehead atoms. The summed E-state index contributed by atoms with van der Waals surface area (Å²) in [5.74, 6) is -0.960. The van der Waals surface area contributed by atoms with Gasteiger partial charge in [-0.05, 0) is 75.6 Å². The zero-order valence-electron chi connectivity index (χ0n) is 18.2. The Kier molecular flexibility index (Phi) is 9.36. The number of hydrogen-bond acceptors (Lipinski definition) is 4. The lowest BCUT2D eigenvalue weighted by Crippen LogP contribution is -2.24. The highest BCUT2D eigenvalue weighted by Gasteiger charge is 2.30. The number of nitrogens with zero attached hydrogens (tertiary/aromatic N) is 1. The fraction of sp³-hybridized carbons (Fsp3) is 0.125. The number of amides is 2. The molecule has 0 heterocycles. The first-order valence-corrected chi connectivity index (χ1v) is 11.7. The molecule has 0 atom stereocenters. The molecule has 3 aromatic rings. The van der Waals surface area contributed by atoms with Crippen molar-refractivity contribution in [1.82, 2.24) is 5.43 Å². The third-order valence-corrected chi connectivity index (χ3v) is 5.89. The van der Waals surface area contributed by atoms with Gasteiger partial charge >= 0.3 is 6.18 Å². The maximum Gasteiger partial charge on any atom is 0.416 e. The predicted octanol–water partition coefficient (Wildman–Crippen LogP) is 6.83. The van der Waals surface area contributed by atoms with E-state index in [9.17, 15) is 22.8 Å². The molecule has 0 fully saturated rings. The van der Waals surface area contributed by atoms with Gasteiger partial charge in [0.05, 0.1) is 26.3 Å². The van der Waals surface area contributed by atoms with E-state index < -0.39 is 30.0 Å². The van der Waals surface area contributed by atoms with Crippen LogP contribution in [0.2, 0.25) is 10.0 Å². The fourth-order valence-corrected chi connectivity index (χ4v) is 3.68. The zero-order valence-corrected chi connectivity index (χ0v) is 21.3. The molecule has 0 aliphatic carbocycles. The summed E-state index contributed by atoms with van der Waals surface area (Å²) in [6, 6.07) is 14.4. The monoisotopic (exact) mass is 601 g/mol. The lowest BCUT2D eigenvalue weighted by Gasteiger charge is -2.10. The Bertz CT molecular complexity index is 1300. The number of nitrogens with one attached hydrogen (secondary N) is 2. The van der Waals surface area contributed by atoms with Crippen molar-refractivity contribution in [3.05, 3.63) is 91.9 Å². The molecule has 0 spiro atoms. The molecule has 6 nitrogen and oxygen atoms in total. The van der Waals surface area contributed by atoms with Crippen molar-refractivity contribution in [1.29, 1.82) is 0 Å². The van der Waals surface area contributed by atoms with Gasteiger partial charge in [0.2, 0.25) is 11.8 Å². The quantitative estimate of drug-likeness (QED) is 0.168. The average Bonchev–Trinajstić information content (AvgIpc) is 2.80. The second-order valence-corrected chi connectivity index (χ2v) is 8.99. The van der Waals surface area contributed by atoms with Crippen molar-refractivity contribution in [2.45, 2.75) is 19.2 Å². The number of rotatable bonds is 8. The van der Waals surface area contributed by atoms with Crippen LogP contribution in [0.5, 0.6) is 5.75 Å². The molecule has 0 aromatic heterocycles. The lowest BCUT2D eigenvalue weighted by molar-refractivity contribution is -0.137. The molecule has 0 radical (unpaired) electrons. The zero-order chi connectivity index (χ0) is 26.3. The van der Waals surface area contributed by atoms with Crippen molar-refractivity contribution < 1.29 is 27.5 Å². The Balaban J connectivity index is 1.49. The number of carbonyl (C=O) groups is 2. The van der Waals surface area contributed by atoms with Gasteiger partial charge in [0.1, 0.15) is 18.8 Å². The second-order valence-electron chi connectivity index (χ2n) is 7.32. The first-order chi connectivity index (χ1) is 17.0. The van der Waals surface area contributed by atoms with Gasteiger partial charge in [-0.3, -0.25) is 9.59 Å². The average molecular weight is 603 g/mol. The van der Waals surface area contributed by atoms with E-state index in [1.165, 1.54) is 12.3 Å². The molecule has 188 valence electrons. The molecule has 3 aromatic carbocycles. The first-order valence-electron chi connectivity index (χ1n) is 10.2. The van der Waals surface area contributed by atoms with E-state index >= 15 is 0 Å². The molecular weight excluding hydrogens is 586 g/mol. The smallest absolute Gasteiger partial charge is 0.416 e. The summed E-state index contributed by atoms with van der Waals surface area (Å²) >= 11 is 15.3. The largest absolute Gasteiger partial charge is 0.488 e. The number of anilines is 1. The first kappa shape index (κ1) is 27.5. The predicted molar refractivity (Wildman–Crippen MR) is 135 cm³/mol. The highest BCUT2D eigenvalue weighted by Crippen LogP contribution is 2.31. The van der Waals surface area contributed by atoms with Crippen LogP contribution < -0.4 is 15.5 Å². The van der Waals surface area contributed by atoms with E-state index in [1.54, 1.807) is 36.4 Å². The van der Waals surface area contributed by atoms with Gasteiger partial charge in [0.25, 0.3) is 0 Å². The Morgan fingerprint density at radius 1 is 1.00 bits per heavy atom. The minimum absolute atomic E-state index is 0.0718. The number of hydrazone groups is 1. The molecular formula is C24H17BrCl2F3N3O3. The van der Waals surface area contributed by atoms with Gasteiger partial charge in [-0.25, -0.2) is 5.43 Å². The van der Waals surface area contributed by atoms with Crippen LogP contribution in [0.3, 0.4) is 0 Å². The Labute approximate surface area is 222 Å². The van der Waals surface area contributed by atoms with Gasteiger partial charge in [0.15, 0.2) is 0 Å². The number of benzene rings is 3. The van der Waals surface area contributed by atoms with Crippen LogP contribution in [0, 0.1) is 0 Å². The van der Waals surface area contributed by atoms with Gasteiger partial charge < -0.3 is 10.1 Å². The van der Waals surface area contributed by atoms with Crippen LogP contribution in [-0.2, 0) is 22.4 Å². The van der Waals surface area contributed by atoms with E-state index in [4.69, 9.17) is 27.9 Å². The Morgan fingerprint density at radius 3 is 2.47 bits per heavy atom. The number of halogens is 6. The van der Waals surface area contributed by atoms with Crippen molar-refractivity contribution in [3.8, 4) is 5.75 Å². The highest BCUT2D eigenvalue weighted by atomic mass is 79.9. The number of hydrogen-bond donors (Lipinski definition) is 2. The second kappa shape index (κ2) is 12.2. The van der Waals surface area contributed by atoms with Crippen molar-refractivity contribution in [2.75, 3.05) is 5.32 Å². The summed E-state index contributed by atoms with van der Waals surface area (Å²) in [7, 11) is 0. The van der Waals surface area contributed by atoms with Crippen LogP contribution >= 0.6 is 39.1 Å². The Hall–Kier alpha value is -3.08. The third-order valence-electron chi connectivity index (χ3n) is 4.53. The summed E-state index contributed by atoms with van der Waals surface area (Å²) < 4.78 is 44.7. The van der Waals surface area contributed by atoms with Crippen LogP contribution in [0.25, 0.3) is 0 Å². The molecule has 0 aliphatic heterocycles. The Morgan fingerprint density at radius 2 is 1.78 bits per heavy atom. The molecule has 2 amide bonds. The summed E-state index contributed by atoms with van der Waals surface area (Å²) in [5, 5.41) is 6.92. The molecule has 36 heavy (non-hydrogen) atoms. The standard InChI is InChI=1S/C24H17BrCl2F3N3O3/c25-18-8-14(5-7-21(18)36-13-15-4-6-19(26)20(27)9-15)12-31-33-23(35)11-22(34)32-17-3-1-2-16(10-17)24(28,29)30/h1-10,12H,11,13H2,(H,32,34)(H,33,35). The van der Waals surface area contributed by atoms with Gasteiger partial charge in [-0.15, -0.1) is 0 Å². The molecule has 0 aliphatic rings. The fourth-order valence-electron chi connectivity index (χ4n) is 2.85. The highest BCUT2D eigenvalue weighted by molar-refractivity contribution is 9.10. The molecule has 12 heteroatoms. The molecule has 0 saturated carbocycles. The van der Waals surface area contributed by atoms with Crippen molar-refractivity contribution in [3.63, 3.8) is 0 Å². The number of ether oxygens (including phenoxy) is 1. The van der Waals surface area contributed by atoms with Crippen LogP contribution in [0.15, 0.2) is 70.2 Å².